The third-order valence-electron chi connectivity index (χ3n) is 4.15. The second kappa shape index (κ2) is 6.46. The van der Waals surface area contributed by atoms with Crippen molar-refractivity contribution in [1.29, 1.82) is 0 Å². The van der Waals surface area contributed by atoms with Crippen LogP contribution in [0.2, 0.25) is 0 Å². The summed E-state index contributed by atoms with van der Waals surface area (Å²) in [6.07, 6.45) is 0.706. The van der Waals surface area contributed by atoms with Gasteiger partial charge in [0.1, 0.15) is 6.10 Å². The molecule has 116 valence electrons. The van der Waals surface area contributed by atoms with Gasteiger partial charge in [0.25, 0.3) is 0 Å². The molecule has 2 aromatic rings. The van der Waals surface area contributed by atoms with Gasteiger partial charge >= 0.3 is 0 Å². The van der Waals surface area contributed by atoms with Crippen molar-refractivity contribution in [3.05, 3.63) is 48.0 Å². The highest BCUT2D eigenvalue weighted by Crippen LogP contribution is 2.21. The predicted octanol–water partition coefficient (Wildman–Crippen LogP) is 2.56. The Balaban J connectivity index is 1.60. The van der Waals surface area contributed by atoms with Crippen molar-refractivity contribution in [2.75, 3.05) is 6.54 Å². The maximum absolute atomic E-state index is 12.0. The lowest BCUT2D eigenvalue weighted by molar-refractivity contribution is -0.132. The summed E-state index contributed by atoms with van der Waals surface area (Å²) in [5.41, 5.74) is 0.805. The first-order valence-corrected chi connectivity index (χ1v) is 7.73. The number of hydrogen-bond acceptors (Lipinski definition) is 3. The maximum Gasteiger partial charge on any atom is 0.249 e. The summed E-state index contributed by atoms with van der Waals surface area (Å²) < 4.78 is 5.53. The number of carbonyl (C=O) groups excluding carboxylic acids is 1. The lowest BCUT2D eigenvalue weighted by Crippen LogP contribution is -2.37. The second-order valence-corrected chi connectivity index (χ2v) is 5.88. The average Bonchev–Trinajstić information content (AvgIpc) is 2.98. The van der Waals surface area contributed by atoms with Crippen LogP contribution in [0.1, 0.15) is 31.4 Å². The molecule has 4 heteroatoms. The Morgan fingerprint density at radius 2 is 2.05 bits per heavy atom. The van der Waals surface area contributed by atoms with Crippen LogP contribution in [0, 0.1) is 0 Å². The van der Waals surface area contributed by atoms with Crippen LogP contribution in [0.25, 0.3) is 10.8 Å². The van der Waals surface area contributed by atoms with Crippen LogP contribution in [-0.4, -0.2) is 29.8 Å². The van der Waals surface area contributed by atoms with Gasteiger partial charge in [0, 0.05) is 6.54 Å². The Labute approximate surface area is 130 Å². The standard InChI is InChI=1S/C18H21NO3/c1-12-6-9-17(22-12)18(21)19-11-16(20)15-8-7-13-4-2-3-5-14(13)10-15/h2-5,7-8,10,12,16-17,20H,6,9,11H2,1H3,(H,19,21). The van der Waals surface area contributed by atoms with Gasteiger partial charge in [-0.15, -0.1) is 0 Å². The van der Waals surface area contributed by atoms with Crippen molar-refractivity contribution in [2.24, 2.45) is 0 Å². The molecule has 0 aromatic heterocycles. The van der Waals surface area contributed by atoms with Gasteiger partial charge in [-0.05, 0) is 42.2 Å². The van der Waals surface area contributed by atoms with Gasteiger partial charge in [0.2, 0.25) is 5.91 Å². The Morgan fingerprint density at radius 3 is 2.77 bits per heavy atom. The minimum absolute atomic E-state index is 0.135. The van der Waals surface area contributed by atoms with Crippen molar-refractivity contribution >= 4 is 16.7 Å². The van der Waals surface area contributed by atoms with Crippen LogP contribution < -0.4 is 5.32 Å². The number of aliphatic hydroxyl groups is 1. The van der Waals surface area contributed by atoms with E-state index in [1.807, 2.05) is 49.4 Å². The lowest BCUT2D eigenvalue weighted by atomic mass is 10.0. The molecule has 1 saturated heterocycles. The molecular formula is C18H21NO3. The molecule has 2 N–H and O–H groups in total. The molecule has 1 aliphatic rings. The zero-order chi connectivity index (χ0) is 15.5. The summed E-state index contributed by atoms with van der Waals surface area (Å²) in [4.78, 5) is 12.0. The molecule has 1 aliphatic heterocycles. The molecule has 3 rings (SSSR count). The topological polar surface area (TPSA) is 58.6 Å². The van der Waals surface area contributed by atoms with E-state index in [0.717, 1.165) is 29.2 Å². The molecule has 22 heavy (non-hydrogen) atoms. The van der Waals surface area contributed by atoms with E-state index >= 15 is 0 Å². The van der Waals surface area contributed by atoms with Crippen molar-refractivity contribution < 1.29 is 14.6 Å². The van der Waals surface area contributed by atoms with Crippen LogP contribution in [-0.2, 0) is 9.53 Å². The number of aliphatic hydroxyl groups excluding tert-OH is 1. The van der Waals surface area contributed by atoms with Crippen LogP contribution >= 0.6 is 0 Å². The summed E-state index contributed by atoms with van der Waals surface area (Å²) in [5.74, 6) is -0.135. The van der Waals surface area contributed by atoms with Crippen molar-refractivity contribution in [1.82, 2.24) is 5.32 Å². The van der Waals surface area contributed by atoms with Gasteiger partial charge in [-0.2, -0.15) is 0 Å². The van der Waals surface area contributed by atoms with E-state index in [0.29, 0.717) is 0 Å². The number of fused-ring (bicyclic) bond motifs is 1. The molecular weight excluding hydrogens is 278 g/mol. The Morgan fingerprint density at radius 1 is 1.27 bits per heavy atom. The molecule has 0 bridgehead atoms. The third kappa shape index (κ3) is 3.29. The molecule has 3 atom stereocenters. The monoisotopic (exact) mass is 299 g/mol. The maximum atomic E-state index is 12.0. The van der Waals surface area contributed by atoms with Crippen molar-refractivity contribution in [2.45, 2.75) is 38.1 Å². The van der Waals surface area contributed by atoms with Crippen molar-refractivity contribution in [3.63, 3.8) is 0 Å². The number of carbonyl (C=O) groups is 1. The number of rotatable bonds is 4. The van der Waals surface area contributed by atoms with Crippen molar-refractivity contribution in [3.8, 4) is 0 Å². The zero-order valence-electron chi connectivity index (χ0n) is 12.7. The quantitative estimate of drug-likeness (QED) is 0.912. The van der Waals surface area contributed by atoms with E-state index < -0.39 is 6.10 Å². The molecule has 1 heterocycles. The fourth-order valence-corrected chi connectivity index (χ4v) is 2.84. The Hall–Kier alpha value is -1.91. The van der Waals surface area contributed by atoms with E-state index in [2.05, 4.69) is 5.32 Å². The van der Waals surface area contributed by atoms with Crippen LogP contribution in [0.4, 0.5) is 0 Å². The van der Waals surface area contributed by atoms with Gasteiger partial charge in [-0.25, -0.2) is 0 Å². The summed E-state index contributed by atoms with van der Waals surface area (Å²) >= 11 is 0. The van der Waals surface area contributed by atoms with E-state index in [-0.39, 0.29) is 24.7 Å². The Kier molecular flexibility index (Phi) is 4.41. The van der Waals surface area contributed by atoms with Crippen LogP contribution in [0.15, 0.2) is 42.5 Å². The fourth-order valence-electron chi connectivity index (χ4n) is 2.84. The fraction of sp³-hybridized carbons (Fsp3) is 0.389. The number of ether oxygens (including phenoxy) is 1. The number of benzene rings is 2. The highest BCUT2D eigenvalue weighted by molar-refractivity contribution is 5.83. The molecule has 1 fully saturated rings. The number of amides is 1. The molecule has 2 aromatic carbocycles. The van der Waals surface area contributed by atoms with Gasteiger partial charge in [-0.1, -0.05) is 36.4 Å². The van der Waals surface area contributed by atoms with Gasteiger partial charge in [-0.3, -0.25) is 4.79 Å². The first-order valence-electron chi connectivity index (χ1n) is 7.73. The summed E-state index contributed by atoms with van der Waals surface area (Å²) in [7, 11) is 0. The van der Waals surface area contributed by atoms with Crippen LogP contribution in [0.5, 0.6) is 0 Å². The first-order chi connectivity index (χ1) is 10.6. The molecule has 3 unspecified atom stereocenters. The number of hydrogen-bond donors (Lipinski definition) is 2. The Bertz CT molecular complexity index is 670. The minimum Gasteiger partial charge on any atom is -0.387 e. The van der Waals surface area contributed by atoms with E-state index in [1.54, 1.807) is 0 Å². The van der Waals surface area contributed by atoms with Gasteiger partial charge in [0.15, 0.2) is 0 Å². The molecule has 0 saturated carbocycles. The van der Waals surface area contributed by atoms with E-state index in [4.69, 9.17) is 4.74 Å². The first kappa shape index (κ1) is 15.0. The third-order valence-corrected chi connectivity index (χ3v) is 4.15. The molecule has 0 aliphatic carbocycles. The summed E-state index contributed by atoms with van der Waals surface area (Å²) in [6, 6.07) is 13.8. The predicted molar refractivity (Wildman–Crippen MR) is 85.5 cm³/mol. The van der Waals surface area contributed by atoms with Gasteiger partial charge < -0.3 is 15.2 Å². The zero-order valence-corrected chi connectivity index (χ0v) is 12.7. The molecule has 0 spiro atoms. The van der Waals surface area contributed by atoms with E-state index in [1.165, 1.54) is 0 Å². The second-order valence-electron chi connectivity index (χ2n) is 5.88. The summed E-state index contributed by atoms with van der Waals surface area (Å²) in [5, 5.41) is 15.3. The number of nitrogens with one attached hydrogen (secondary N) is 1. The highest BCUT2D eigenvalue weighted by Gasteiger charge is 2.28. The van der Waals surface area contributed by atoms with E-state index in [9.17, 15) is 9.90 Å². The highest BCUT2D eigenvalue weighted by atomic mass is 16.5. The molecule has 4 nitrogen and oxygen atoms in total. The SMILES string of the molecule is CC1CCC(C(=O)NCC(O)c2ccc3ccccc3c2)O1. The molecule has 0 radical (unpaired) electrons. The summed E-state index contributed by atoms with van der Waals surface area (Å²) in [6.45, 7) is 2.17. The smallest absolute Gasteiger partial charge is 0.249 e. The normalized spacial score (nSPS) is 22.6. The largest absolute Gasteiger partial charge is 0.387 e. The average molecular weight is 299 g/mol. The minimum atomic E-state index is -0.715. The van der Waals surface area contributed by atoms with Gasteiger partial charge in [0.05, 0.1) is 12.2 Å². The van der Waals surface area contributed by atoms with Crippen LogP contribution in [0.3, 0.4) is 0 Å². The lowest BCUT2D eigenvalue weighted by Gasteiger charge is -2.15. The molecule has 1 amide bonds.